The minimum absolute atomic E-state index is 0.0971. The van der Waals surface area contributed by atoms with Crippen molar-refractivity contribution < 1.29 is 13.9 Å². The smallest absolute Gasteiger partial charge is 0.221 e. The molecule has 146 valence electrons. The van der Waals surface area contributed by atoms with E-state index in [0.29, 0.717) is 30.1 Å². The first-order valence-corrected chi connectivity index (χ1v) is 9.28. The van der Waals surface area contributed by atoms with Gasteiger partial charge in [0, 0.05) is 25.1 Å². The standard InChI is InChI=1S/C20H21FN4O2S/c1-27-17-7-5-15(6-8-17)19-23-24-20(28)25(19)12-10-18(26)22-11-9-14-3-2-4-16(21)13-14/h2-8,13H,9-12H2,1H3,(H,22,26)(H,24,28). The van der Waals surface area contributed by atoms with Crippen molar-refractivity contribution in [1.29, 1.82) is 0 Å². The second-order valence-corrected chi connectivity index (χ2v) is 6.60. The number of benzene rings is 2. The van der Waals surface area contributed by atoms with Crippen molar-refractivity contribution in [3.8, 4) is 17.1 Å². The molecule has 0 spiro atoms. The molecule has 0 atom stereocenters. The Kier molecular flexibility index (Phi) is 6.54. The molecule has 2 N–H and O–H groups in total. The highest BCUT2D eigenvalue weighted by molar-refractivity contribution is 7.71. The number of rotatable bonds is 8. The molecule has 1 aromatic heterocycles. The number of hydrogen-bond donors (Lipinski definition) is 2. The molecular weight excluding hydrogens is 379 g/mol. The van der Waals surface area contributed by atoms with Crippen LogP contribution < -0.4 is 10.1 Å². The van der Waals surface area contributed by atoms with E-state index in [0.717, 1.165) is 16.9 Å². The molecule has 28 heavy (non-hydrogen) atoms. The normalized spacial score (nSPS) is 10.6. The lowest BCUT2D eigenvalue weighted by Gasteiger charge is -2.09. The summed E-state index contributed by atoms with van der Waals surface area (Å²) in [6.07, 6.45) is 0.839. The molecule has 0 aliphatic rings. The number of amides is 1. The van der Waals surface area contributed by atoms with Crippen molar-refractivity contribution in [2.24, 2.45) is 0 Å². The van der Waals surface area contributed by atoms with Gasteiger partial charge in [-0.2, -0.15) is 5.10 Å². The molecule has 0 fully saturated rings. The van der Waals surface area contributed by atoms with Gasteiger partial charge in [0.2, 0.25) is 5.91 Å². The summed E-state index contributed by atoms with van der Waals surface area (Å²) in [5, 5.41) is 9.89. The number of nitrogens with one attached hydrogen (secondary N) is 2. The van der Waals surface area contributed by atoms with Crippen molar-refractivity contribution in [2.75, 3.05) is 13.7 Å². The van der Waals surface area contributed by atoms with Crippen LogP contribution in [0.15, 0.2) is 48.5 Å². The molecule has 0 aliphatic carbocycles. The van der Waals surface area contributed by atoms with Crippen LogP contribution in [0, 0.1) is 10.6 Å². The van der Waals surface area contributed by atoms with Gasteiger partial charge in [-0.05, 0) is 60.6 Å². The van der Waals surface area contributed by atoms with Crippen LogP contribution in [0.3, 0.4) is 0 Å². The van der Waals surface area contributed by atoms with E-state index >= 15 is 0 Å². The number of hydrogen-bond acceptors (Lipinski definition) is 4. The third-order valence-corrected chi connectivity index (χ3v) is 4.61. The molecule has 0 saturated carbocycles. The summed E-state index contributed by atoms with van der Waals surface area (Å²) in [7, 11) is 1.61. The molecule has 0 aliphatic heterocycles. The average molecular weight is 400 g/mol. The SMILES string of the molecule is COc1ccc(-c2n[nH]c(=S)n2CCC(=O)NCCc2cccc(F)c2)cc1. The second kappa shape index (κ2) is 9.27. The van der Waals surface area contributed by atoms with E-state index in [1.54, 1.807) is 17.7 Å². The topological polar surface area (TPSA) is 71.9 Å². The Morgan fingerprint density at radius 3 is 2.79 bits per heavy atom. The summed E-state index contributed by atoms with van der Waals surface area (Å²) in [4.78, 5) is 12.2. The highest BCUT2D eigenvalue weighted by Gasteiger charge is 2.11. The fourth-order valence-electron chi connectivity index (χ4n) is 2.83. The maximum atomic E-state index is 13.2. The summed E-state index contributed by atoms with van der Waals surface area (Å²) >= 11 is 5.29. The van der Waals surface area contributed by atoms with Gasteiger partial charge >= 0.3 is 0 Å². The second-order valence-electron chi connectivity index (χ2n) is 6.21. The largest absolute Gasteiger partial charge is 0.497 e. The van der Waals surface area contributed by atoms with E-state index in [1.165, 1.54) is 12.1 Å². The lowest BCUT2D eigenvalue weighted by molar-refractivity contribution is -0.121. The third-order valence-electron chi connectivity index (χ3n) is 4.29. The van der Waals surface area contributed by atoms with Crippen molar-refractivity contribution >= 4 is 18.1 Å². The first kappa shape index (κ1) is 19.8. The molecule has 8 heteroatoms. The summed E-state index contributed by atoms with van der Waals surface area (Å²) in [6, 6.07) is 13.8. The Labute approximate surface area is 167 Å². The molecular formula is C20H21FN4O2S. The molecule has 1 heterocycles. The number of halogens is 1. The van der Waals surface area contributed by atoms with Crippen LogP contribution in [0.2, 0.25) is 0 Å². The summed E-state index contributed by atoms with van der Waals surface area (Å²) in [5.74, 6) is 1.05. The average Bonchev–Trinajstić information content (AvgIpc) is 3.07. The number of ether oxygens (including phenoxy) is 1. The Balaban J connectivity index is 1.56. The zero-order chi connectivity index (χ0) is 19.9. The van der Waals surface area contributed by atoms with Crippen LogP contribution in [0.1, 0.15) is 12.0 Å². The minimum Gasteiger partial charge on any atom is -0.497 e. The Hall–Kier alpha value is -3.00. The molecule has 0 unspecified atom stereocenters. The van der Waals surface area contributed by atoms with Crippen LogP contribution >= 0.6 is 12.2 Å². The van der Waals surface area contributed by atoms with Crippen LogP contribution in [0.4, 0.5) is 4.39 Å². The summed E-state index contributed by atoms with van der Waals surface area (Å²) < 4.78 is 20.6. The van der Waals surface area contributed by atoms with Crippen molar-refractivity contribution in [1.82, 2.24) is 20.1 Å². The van der Waals surface area contributed by atoms with Gasteiger partial charge in [-0.25, -0.2) is 4.39 Å². The molecule has 0 bridgehead atoms. The van der Waals surface area contributed by atoms with Crippen molar-refractivity contribution in [2.45, 2.75) is 19.4 Å². The molecule has 6 nitrogen and oxygen atoms in total. The van der Waals surface area contributed by atoms with Crippen LogP contribution in [0.25, 0.3) is 11.4 Å². The van der Waals surface area contributed by atoms with Crippen LogP contribution in [-0.4, -0.2) is 34.3 Å². The Morgan fingerprint density at radius 2 is 2.07 bits per heavy atom. The molecule has 2 aromatic carbocycles. The maximum absolute atomic E-state index is 13.2. The number of nitrogens with zero attached hydrogens (tertiary/aromatic N) is 2. The summed E-state index contributed by atoms with van der Waals surface area (Å²) in [6.45, 7) is 0.854. The van der Waals surface area contributed by atoms with Gasteiger partial charge in [0.15, 0.2) is 10.6 Å². The highest BCUT2D eigenvalue weighted by atomic mass is 32.1. The van der Waals surface area contributed by atoms with E-state index in [2.05, 4.69) is 15.5 Å². The number of methoxy groups -OCH3 is 1. The van der Waals surface area contributed by atoms with Crippen LogP contribution in [-0.2, 0) is 17.8 Å². The van der Waals surface area contributed by atoms with E-state index in [4.69, 9.17) is 17.0 Å². The molecule has 3 aromatic rings. The van der Waals surface area contributed by atoms with E-state index in [9.17, 15) is 9.18 Å². The zero-order valence-corrected chi connectivity index (χ0v) is 16.3. The van der Waals surface area contributed by atoms with Gasteiger partial charge in [0.25, 0.3) is 0 Å². The number of carbonyl (C=O) groups is 1. The fraction of sp³-hybridized carbons (Fsp3) is 0.250. The zero-order valence-electron chi connectivity index (χ0n) is 15.4. The van der Waals surface area contributed by atoms with E-state index in [1.807, 2.05) is 30.3 Å². The third kappa shape index (κ3) is 5.04. The fourth-order valence-corrected chi connectivity index (χ4v) is 3.05. The highest BCUT2D eigenvalue weighted by Crippen LogP contribution is 2.21. The minimum atomic E-state index is -0.274. The monoisotopic (exact) mass is 400 g/mol. The van der Waals surface area contributed by atoms with Crippen molar-refractivity contribution in [3.63, 3.8) is 0 Å². The Morgan fingerprint density at radius 1 is 1.29 bits per heavy atom. The van der Waals surface area contributed by atoms with Gasteiger partial charge in [-0.1, -0.05) is 12.1 Å². The molecule has 3 rings (SSSR count). The number of carbonyl (C=O) groups excluding carboxylic acids is 1. The van der Waals surface area contributed by atoms with Gasteiger partial charge < -0.3 is 10.1 Å². The predicted molar refractivity (Wildman–Crippen MR) is 107 cm³/mol. The predicted octanol–water partition coefficient (Wildman–Crippen LogP) is 3.50. The van der Waals surface area contributed by atoms with Gasteiger partial charge in [-0.3, -0.25) is 14.5 Å². The number of aromatic nitrogens is 3. The Bertz CT molecular complexity index is 998. The molecule has 0 radical (unpaired) electrons. The van der Waals surface area contributed by atoms with Gasteiger partial charge in [-0.15, -0.1) is 0 Å². The van der Waals surface area contributed by atoms with Crippen LogP contribution in [0.5, 0.6) is 5.75 Å². The summed E-state index contributed by atoms with van der Waals surface area (Å²) in [5.41, 5.74) is 1.72. The number of aromatic amines is 1. The molecule has 0 saturated heterocycles. The maximum Gasteiger partial charge on any atom is 0.221 e. The van der Waals surface area contributed by atoms with E-state index < -0.39 is 0 Å². The lowest BCUT2D eigenvalue weighted by Crippen LogP contribution is -2.26. The lowest BCUT2D eigenvalue weighted by atomic mass is 10.1. The first-order valence-electron chi connectivity index (χ1n) is 8.87. The van der Waals surface area contributed by atoms with Gasteiger partial charge in [0.05, 0.1) is 7.11 Å². The van der Waals surface area contributed by atoms with Crippen molar-refractivity contribution in [3.05, 3.63) is 64.7 Å². The first-order chi connectivity index (χ1) is 13.6. The van der Waals surface area contributed by atoms with E-state index in [-0.39, 0.29) is 18.1 Å². The van der Waals surface area contributed by atoms with Gasteiger partial charge in [0.1, 0.15) is 11.6 Å². The quantitative estimate of drug-likeness (QED) is 0.568. The number of H-pyrrole nitrogens is 1. The molecule has 1 amide bonds.